The van der Waals surface area contributed by atoms with E-state index >= 15 is 0 Å². The van der Waals surface area contributed by atoms with Crippen molar-refractivity contribution in [2.75, 3.05) is 5.75 Å². The molecule has 6 nitrogen and oxygen atoms in total. The largest absolute Gasteiger partial charge is 1.00 e. The van der Waals surface area contributed by atoms with Gasteiger partial charge in [-0.3, -0.25) is 0 Å². The number of aromatic nitrogens is 4. The number of carboxylic acids is 1. The summed E-state index contributed by atoms with van der Waals surface area (Å²) in [6.07, 6.45) is 0. The number of para-hydroxylation sites is 1. The van der Waals surface area contributed by atoms with Crippen molar-refractivity contribution >= 4 is 17.7 Å². The van der Waals surface area contributed by atoms with Crippen molar-refractivity contribution in [3.8, 4) is 5.69 Å². The van der Waals surface area contributed by atoms with Crippen molar-refractivity contribution in [1.82, 2.24) is 20.2 Å². The van der Waals surface area contributed by atoms with Gasteiger partial charge >= 0.3 is 22.4 Å². The SMILES string of the molecule is O=C([O-])CSc1nnnn1-c1ccccc1.[Ag+]. The molecule has 0 atom stereocenters. The maximum Gasteiger partial charge on any atom is 1.00 e. The van der Waals surface area contributed by atoms with Crippen molar-refractivity contribution in [1.29, 1.82) is 0 Å². The minimum atomic E-state index is -1.15. The molecule has 92 valence electrons. The van der Waals surface area contributed by atoms with Gasteiger partial charge in [0.2, 0.25) is 5.16 Å². The standard InChI is InChI=1S/C9H8N4O2S.Ag/c14-8(15)6-16-9-10-11-12-13(9)7-4-2-1-3-5-7;/h1-5H,6H2,(H,14,15);/q;+1/p-1. The second-order valence-electron chi connectivity index (χ2n) is 2.87. The van der Waals surface area contributed by atoms with Gasteiger partial charge in [0.05, 0.1) is 11.7 Å². The maximum absolute atomic E-state index is 10.3. The zero-order valence-corrected chi connectivity index (χ0v) is 10.7. The molecular weight excluding hydrogens is 336 g/mol. The molecule has 0 unspecified atom stereocenters. The molecule has 0 aliphatic carbocycles. The number of carbonyl (C=O) groups excluding carboxylic acids is 1. The number of tetrazole rings is 1. The van der Waals surface area contributed by atoms with E-state index in [0.717, 1.165) is 17.4 Å². The fourth-order valence-corrected chi connectivity index (χ4v) is 1.73. The first-order chi connectivity index (χ1) is 7.77. The second kappa shape index (κ2) is 6.55. The first kappa shape index (κ1) is 13.9. The maximum atomic E-state index is 10.3. The summed E-state index contributed by atoms with van der Waals surface area (Å²) in [4.78, 5) is 10.3. The molecule has 1 heterocycles. The molecule has 0 aliphatic rings. The van der Waals surface area contributed by atoms with Crippen molar-refractivity contribution in [2.24, 2.45) is 0 Å². The average molecular weight is 343 g/mol. The summed E-state index contributed by atoms with van der Waals surface area (Å²) in [5.41, 5.74) is 0.786. The topological polar surface area (TPSA) is 83.7 Å². The smallest absolute Gasteiger partial charge is 0.549 e. The summed E-state index contributed by atoms with van der Waals surface area (Å²) in [5, 5.41) is 21.8. The fraction of sp³-hybridized carbons (Fsp3) is 0.111. The third-order valence-electron chi connectivity index (χ3n) is 1.76. The molecule has 0 fully saturated rings. The number of hydrogen-bond donors (Lipinski definition) is 0. The van der Waals surface area contributed by atoms with Crippen LogP contribution in [0.3, 0.4) is 0 Å². The Morgan fingerprint density at radius 3 is 2.71 bits per heavy atom. The molecule has 0 spiro atoms. The molecule has 0 saturated heterocycles. The van der Waals surface area contributed by atoms with Crippen LogP contribution in [0.1, 0.15) is 0 Å². The average Bonchev–Trinajstić information content (AvgIpc) is 2.75. The van der Waals surface area contributed by atoms with E-state index < -0.39 is 5.97 Å². The van der Waals surface area contributed by atoms with Crippen LogP contribution in [-0.2, 0) is 27.2 Å². The van der Waals surface area contributed by atoms with E-state index in [0.29, 0.717) is 5.16 Å². The Hall–Kier alpha value is -1.15. The third kappa shape index (κ3) is 3.67. The molecule has 1 aromatic carbocycles. The zero-order valence-electron chi connectivity index (χ0n) is 8.41. The van der Waals surface area contributed by atoms with Crippen LogP contribution in [-0.4, -0.2) is 31.9 Å². The minimum Gasteiger partial charge on any atom is -0.549 e. The molecule has 0 radical (unpaired) electrons. The summed E-state index contributed by atoms with van der Waals surface area (Å²) in [6.45, 7) is 0. The van der Waals surface area contributed by atoms with Gasteiger partial charge in [-0.2, -0.15) is 4.68 Å². The van der Waals surface area contributed by atoms with Crippen LogP contribution in [0.2, 0.25) is 0 Å². The van der Waals surface area contributed by atoms with Crippen LogP contribution in [0.25, 0.3) is 5.69 Å². The number of rotatable bonds is 4. The summed E-state index contributed by atoms with van der Waals surface area (Å²) in [6, 6.07) is 9.25. The molecule has 1 aromatic heterocycles. The van der Waals surface area contributed by atoms with Crippen LogP contribution in [0.4, 0.5) is 0 Å². The Morgan fingerprint density at radius 1 is 1.35 bits per heavy atom. The molecule has 2 aromatic rings. The van der Waals surface area contributed by atoms with E-state index in [9.17, 15) is 9.90 Å². The van der Waals surface area contributed by atoms with Crippen molar-refractivity contribution < 1.29 is 32.3 Å². The molecule has 0 amide bonds. The van der Waals surface area contributed by atoms with Gasteiger partial charge in [-0.15, -0.1) is 5.10 Å². The van der Waals surface area contributed by atoms with Gasteiger partial charge in [-0.25, -0.2) is 0 Å². The van der Waals surface area contributed by atoms with Gasteiger partial charge in [-0.05, 0) is 22.6 Å². The van der Waals surface area contributed by atoms with Gasteiger partial charge in [-0.1, -0.05) is 30.0 Å². The van der Waals surface area contributed by atoms with Crippen LogP contribution in [0, 0.1) is 0 Å². The van der Waals surface area contributed by atoms with E-state index in [1.807, 2.05) is 30.3 Å². The van der Waals surface area contributed by atoms with E-state index in [1.54, 1.807) is 0 Å². The number of nitrogens with zero attached hydrogens (tertiary/aromatic N) is 4. The normalized spacial score (nSPS) is 9.65. The first-order valence-electron chi connectivity index (χ1n) is 4.44. The number of carbonyl (C=O) groups is 1. The van der Waals surface area contributed by atoms with Gasteiger partial charge in [0.1, 0.15) is 0 Å². The Labute approximate surface area is 117 Å². The molecule has 0 N–H and O–H groups in total. The molecule has 17 heavy (non-hydrogen) atoms. The van der Waals surface area contributed by atoms with Crippen LogP contribution >= 0.6 is 11.8 Å². The van der Waals surface area contributed by atoms with Gasteiger partial charge in [0, 0.05) is 5.75 Å². The predicted octanol–water partition coefficient (Wildman–Crippen LogP) is -0.498. The molecule has 8 heteroatoms. The summed E-state index contributed by atoms with van der Waals surface area (Å²) in [7, 11) is 0. The molecular formula is C9H7AgN4O2S. The number of thioether (sulfide) groups is 1. The Kier molecular flexibility index (Phi) is 5.36. The van der Waals surface area contributed by atoms with Gasteiger partial charge in [0.15, 0.2) is 0 Å². The van der Waals surface area contributed by atoms with Crippen LogP contribution < -0.4 is 5.11 Å². The van der Waals surface area contributed by atoms with Gasteiger partial charge < -0.3 is 9.90 Å². The van der Waals surface area contributed by atoms with Crippen molar-refractivity contribution in [3.63, 3.8) is 0 Å². The summed E-state index contributed by atoms with van der Waals surface area (Å²) in [5.74, 6) is -1.32. The molecule has 0 saturated carbocycles. The Bertz CT molecular complexity index is 491. The first-order valence-corrected chi connectivity index (χ1v) is 5.42. The molecule has 0 aliphatic heterocycles. The molecule has 0 bridgehead atoms. The number of carboxylic acid groups (broad SMARTS) is 1. The predicted molar refractivity (Wildman–Crippen MR) is 54.9 cm³/mol. The van der Waals surface area contributed by atoms with Crippen molar-refractivity contribution in [2.45, 2.75) is 5.16 Å². The summed E-state index contributed by atoms with van der Waals surface area (Å²) >= 11 is 1.02. The monoisotopic (exact) mass is 342 g/mol. The number of hydrogen-bond acceptors (Lipinski definition) is 6. The number of aliphatic carboxylic acids is 1. The Morgan fingerprint density at radius 2 is 2.06 bits per heavy atom. The minimum absolute atomic E-state index is 0. The fourth-order valence-electron chi connectivity index (χ4n) is 1.12. The van der Waals surface area contributed by atoms with E-state index in [-0.39, 0.29) is 28.1 Å². The molecule has 2 rings (SSSR count). The Balaban J connectivity index is 0.00000144. The van der Waals surface area contributed by atoms with E-state index in [4.69, 9.17) is 0 Å². The quantitative estimate of drug-likeness (QED) is 0.550. The third-order valence-corrected chi connectivity index (χ3v) is 2.65. The van der Waals surface area contributed by atoms with Gasteiger partial charge in [0.25, 0.3) is 0 Å². The van der Waals surface area contributed by atoms with Crippen LogP contribution in [0.5, 0.6) is 0 Å². The van der Waals surface area contributed by atoms with Crippen LogP contribution in [0.15, 0.2) is 35.5 Å². The second-order valence-corrected chi connectivity index (χ2v) is 3.81. The van der Waals surface area contributed by atoms with Crippen molar-refractivity contribution in [3.05, 3.63) is 30.3 Å². The zero-order chi connectivity index (χ0) is 11.4. The summed E-state index contributed by atoms with van der Waals surface area (Å²) < 4.78 is 1.48. The van der Waals surface area contributed by atoms with E-state index in [1.165, 1.54) is 4.68 Å². The number of benzene rings is 1. The van der Waals surface area contributed by atoms with E-state index in [2.05, 4.69) is 15.5 Å².